The van der Waals surface area contributed by atoms with Gasteiger partial charge in [0.2, 0.25) is 15.9 Å². The van der Waals surface area contributed by atoms with Gasteiger partial charge in [-0.3, -0.25) is 24.4 Å². The number of carboxylic acids is 1. The zero-order chi connectivity index (χ0) is 35.5. The number of fused-ring (bicyclic) bond motifs is 1. The summed E-state index contributed by atoms with van der Waals surface area (Å²) in [4.78, 5) is 48.0. The van der Waals surface area contributed by atoms with Crippen LogP contribution in [0.1, 0.15) is 44.6 Å². The number of amides is 1. The van der Waals surface area contributed by atoms with Gasteiger partial charge in [0.1, 0.15) is 23.5 Å². The van der Waals surface area contributed by atoms with Crippen molar-refractivity contribution in [1.29, 1.82) is 0 Å². The Bertz CT molecular complexity index is 1960. The molecule has 258 valence electrons. The Labute approximate surface area is 282 Å². The first kappa shape index (κ1) is 35.3. The summed E-state index contributed by atoms with van der Waals surface area (Å²) >= 11 is 0. The second-order valence-corrected chi connectivity index (χ2v) is 13.6. The number of sulfonamides is 1. The fourth-order valence-electron chi connectivity index (χ4n) is 6.02. The van der Waals surface area contributed by atoms with E-state index in [2.05, 4.69) is 30.7 Å². The molecular weight excluding hydrogens is 658 g/mol. The van der Waals surface area contributed by atoms with Gasteiger partial charge in [-0.05, 0) is 56.4 Å². The third-order valence-corrected chi connectivity index (χ3v) is 10.0. The van der Waals surface area contributed by atoms with E-state index < -0.39 is 69.1 Å². The molecule has 2 aliphatic heterocycles. The fourth-order valence-corrected chi connectivity index (χ4v) is 7.66. The highest BCUT2D eigenvalue weighted by atomic mass is 32.2. The van der Waals surface area contributed by atoms with Crippen molar-refractivity contribution < 1.29 is 36.7 Å². The molecule has 12 nitrogen and oxygen atoms in total. The number of benzene rings is 3. The lowest BCUT2D eigenvalue weighted by Crippen LogP contribution is -2.51. The number of hydrogen-bond acceptors (Lipinski definition) is 9. The number of hydrogen-bond donors (Lipinski definition) is 5. The highest BCUT2D eigenvalue weighted by Gasteiger charge is 2.40. The number of aliphatic imine (C=N–C) groups is 2. The highest BCUT2D eigenvalue weighted by molar-refractivity contribution is 7.89. The molecule has 3 aromatic carbocycles. The maximum atomic E-state index is 15.8. The monoisotopic (exact) mass is 694 g/mol. The van der Waals surface area contributed by atoms with Crippen LogP contribution in [0.3, 0.4) is 0 Å². The van der Waals surface area contributed by atoms with Crippen molar-refractivity contribution in [2.24, 2.45) is 15.9 Å². The third-order valence-electron chi connectivity index (χ3n) is 8.23. The number of carboxylic acid groups (broad SMARTS) is 1. The van der Waals surface area contributed by atoms with E-state index in [1.54, 1.807) is 45.0 Å². The number of nitrogens with one attached hydrogen (secondary N) is 4. The molecular formula is C34H36F2N6O6S. The largest absolute Gasteiger partial charge is 0.480 e. The van der Waals surface area contributed by atoms with E-state index in [1.165, 1.54) is 0 Å². The molecule has 0 saturated heterocycles. The summed E-state index contributed by atoms with van der Waals surface area (Å²) in [5, 5.41) is 18.0. The van der Waals surface area contributed by atoms with E-state index in [0.29, 0.717) is 36.6 Å². The molecule has 49 heavy (non-hydrogen) atoms. The van der Waals surface area contributed by atoms with Crippen molar-refractivity contribution in [2.75, 3.05) is 19.6 Å². The van der Waals surface area contributed by atoms with Crippen LogP contribution in [-0.4, -0.2) is 68.5 Å². The topological polar surface area (TPSA) is 178 Å². The molecule has 0 fully saturated rings. The smallest absolute Gasteiger partial charge is 0.323 e. The molecule has 0 radical (unpaired) electrons. The SMILES string of the molecule is Cc1cc(C)c(S(=O)(=O)NC(CNC(=O)C2C(=O)c3cc(F)c(CNC4=NCCN4)c(F)c3N=C2CCc2ccccc2)C(=O)O)c(C)c1. The predicted molar refractivity (Wildman–Crippen MR) is 179 cm³/mol. The number of aryl methyl sites for hydroxylation is 4. The predicted octanol–water partition coefficient (Wildman–Crippen LogP) is 3.00. The van der Waals surface area contributed by atoms with Gasteiger partial charge in [-0.15, -0.1) is 0 Å². The summed E-state index contributed by atoms with van der Waals surface area (Å²) in [5.74, 6) is -6.86. The van der Waals surface area contributed by atoms with Crippen molar-refractivity contribution >= 4 is 45.0 Å². The number of aliphatic carboxylic acids is 1. The first-order valence-corrected chi connectivity index (χ1v) is 17.0. The maximum absolute atomic E-state index is 15.8. The van der Waals surface area contributed by atoms with Crippen LogP contribution >= 0.6 is 0 Å². The Morgan fingerprint density at radius 1 is 1.06 bits per heavy atom. The second-order valence-electron chi connectivity index (χ2n) is 11.9. The van der Waals surface area contributed by atoms with Crippen LogP contribution in [0.5, 0.6) is 0 Å². The molecule has 0 spiro atoms. The van der Waals surface area contributed by atoms with Crippen LogP contribution in [0.25, 0.3) is 0 Å². The van der Waals surface area contributed by atoms with Crippen LogP contribution in [0.2, 0.25) is 0 Å². The first-order chi connectivity index (χ1) is 23.3. The van der Waals surface area contributed by atoms with Gasteiger partial charge in [0.15, 0.2) is 17.6 Å². The highest BCUT2D eigenvalue weighted by Crippen LogP contribution is 2.36. The van der Waals surface area contributed by atoms with Crippen molar-refractivity contribution in [3.8, 4) is 0 Å². The molecule has 2 aliphatic rings. The normalized spacial score (nSPS) is 16.3. The summed E-state index contributed by atoms with van der Waals surface area (Å²) in [5.41, 5.74) is 1.26. The summed E-state index contributed by atoms with van der Waals surface area (Å²) < 4.78 is 59.7. The minimum absolute atomic E-state index is 0.0107. The summed E-state index contributed by atoms with van der Waals surface area (Å²) in [6, 6.07) is 11.4. The lowest BCUT2D eigenvalue weighted by molar-refractivity contribution is -0.138. The van der Waals surface area contributed by atoms with Gasteiger partial charge in [0, 0.05) is 30.9 Å². The molecule has 5 rings (SSSR count). The van der Waals surface area contributed by atoms with Gasteiger partial charge in [0.25, 0.3) is 0 Å². The van der Waals surface area contributed by atoms with Crippen molar-refractivity contribution in [1.82, 2.24) is 20.7 Å². The Hall–Kier alpha value is -5.02. The summed E-state index contributed by atoms with van der Waals surface area (Å²) in [6.45, 7) is 5.04. The average molecular weight is 695 g/mol. The van der Waals surface area contributed by atoms with Crippen molar-refractivity contribution in [3.05, 3.63) is 93.5 Å². The van der Waals surface area contributed by atoms with Gasteiger partial charge < -0.3 is 21.1 Å². The molecule has 1 amide bonds. The van der Waals surface area contributed by atoms with Gasteiger partial charge in [-0.2, -0.15) is 4.72 Å². The van der Waals surface area contributed by atoms with Crippen LogP contribution in [-0.2, 0) is 32.6 Å². The number of carbonyl (C=O) groups is 3. The van der Waals surface area contributed by atoms with Crippen LogP contribution in [0.15, 0.2) is 63.4 Å². The Kier molecular flexibility index (Phi) is 10.5. The molecule has 2 atom stereocenters. The summed E-state index contributed by atoms with van der Waals surface area (Å²) in [6.07, 6.45) is 0.362. The molecule has 2 unspecified atom stereocenters. The standard InChI is InChI=1S/C34H36F2N6O6S/c1-18-13-19(2)31(20(3)14-18)49(47,48)42-26(33(45)46)17-39-32(44)27-25(10-9-21-7-5-4-6-8-21)41-29-22(30(27)43)15-24(35)23(28(29)36)16-40-34-37-11-12-38-34/h4-8,13-15,26-27,42H,9-12,16-17H2,1-3H3,(H,39,44)(H,45,46)(H2,37,38,40). The Balaban J connectivity index is 1.41. The lowest BCUT2D eigenvalue weighted by atomic mass is 9.85. The van der Waals surface area contributed by atoms with E-state index in [1.807, 2.05) is 18.2 Å². The Morgan fingerprint density at radius 3 is 2.39 bits per heavy atom. The number of carbonyl (C=O) groups excluding carboxylic acids is 2. The number of rotatable bonds is 12. The van der Waals surface area contributed by atoms with Crippen LogP contribution in [0.4, 0.5) is 14.5 Å². The van der Waals surface area contributed by atoms with Gasteiger partial charge in [-0.1, -0.05) is 48.0 Å². The van der Waals surface area contributed by atoms with Crippen LogP contribution in [0, 0.1) is 38.3 Å². The molecule has 3 aromatic rings. The van der Waals surface area contributed by atoms with Gasteiger partial charge in [-0.25, -0.2) is 17.2 Å². The maximum Gasteiger partial charge on any atom is 0.323 e. The minimum Gasteiger partial charge on any atom is -0.480 e. The molecule has 15 heteroatoms. The molecule has 0 aromatic heterocycles. The number of ketones is 1. The number of Topliss-reactive ketones (excluding diaryl/α,β-unsaturated/α-hetero) is 1. The molecule has 0 bridgehead atoms. The number of halogens is 2. The molecule has 5 N–H and O–H groups in total. The van der Waals surface area contributed by atoms with E-state index >= 15 is 8.78 Å². The fraction of sp³-hybridized carbons (Fsp3) is 0.324. The van der Waals surface area contributed by atoms with E-state index in [0.717, 1.165) is 17.2 Å². The van der Waals surface area contributed by atoms with Gasteiger partial charge >= 0.3 is 5.97 Å². The molecule has 0 saturated carbocycles. The number of guanidine groups is 1. The van der Waals surface area contributed by atoms with Crippen molar-refractivity contribution in [3.63, 3.8) is 0 Å². The van der Waals surface area contributed by atoms with E-state index in [-0.39, 0.29) is 29.1 Å². The Morgan fingerprint density at radius 2 is 1.76 bits per heavy atom. The zero-order valence-electron chi connectivity index (χ0n) is 27.1. The quantitative estimate of drug-likeness (QED) is 0.180. The van der Waals surface area contributed by atoms with Crippen molar-refractivity contribution in [2.45, 2.75) is 51.1 Å². The minimum atomic E-state index is -4.35. The number of nitrogens with zero attached hydrogens (tertiary/aromatic N) is 2. The van der Waals surface area contributed by atoms with E-state index in [9.17, 15) is 27.9 Å². The zero-order valence-corrected chi connectivity index (χ0v) is 27.9. The molecule has 0 aliphatic carbocycles. The summed E-state index contributed by atoms with van der Waals surface area (Å²) in [7, 11) is -4.35. The first-order valence-electron chi connectivity index (χ1n) is 15.6. The van der Waals surface area contributed by atoms with Crippen LogP contribution < -0.4 is 20.7 Å². The lowest BCUT2D eigenvalue weighted by Gasteiger charge is -2.25. The van der Waals surface area contributed by atoms with Gasteiger partial charge in [0.05, 0.1) is 17.0 Å². The average Bonchev–Trinajstić information content (AvgIpc) is 3.56. The van der Waals surface area contributed by atoms with E-state index in [4.69, 9.17) is 0 Å². The molecule has 2 heterocycles. The third kappa shape index (κ3) is 7.84. The second kappa shape index (κ2) is 14.6.